The second-order valence-electron chi connectivity index (χ2n) is 5.12. The molecule has 3 rings (SSSR count). The second-order valence-corrected chi connectivity index (χ2v) is 7.19. The van der Waals surface area contributed by atoms with E-state index in [1.165, 1.54) is 11.3 Å². The Morgan fingerprint density at radius 2 is 1.88 bits per heavy atom. The van der Waals surface area contributed by atoms with Crippen molar-refractivity contribution in [1.82, 2.24) is 0 Å². The van der Waals surface area contributed by atoms with Crippen molar-refractivity contribution in [2.24, 2.45) is 0 Å². The van der Waals surface area contributed by atoms with Gasteiger partial charge in [-0.3, -0.25) is 4.79 Å². The van der Waals surface area contributed by atoms with Crippen LogP contribution in [0.2, 0.25) is 0 Å². The maximum absolute atomic E-state index is 11.8. The van der Waals surface area contributed by atoms with Gasteiger partial charge in [-0.1, -0.05) is 59.6 Å². The van der Waals surface area contributed by atoms with Gasteiger partial charge in [-0.15, -0.1) is 11.8 Å². The number of fused-ring (bicyclic) bond motifs is 1. The number of rotatable bonds is 4. The van der Waals surface area contributed by atoms with Crippen LogP contribution in [-0.2, 0) is 0 Å². The molecule has 0 bridgehead atoms. The summed E-state index contributed by atoms with van der Waals surface area (Å²) in [7, 11) is 0. The number of thioether (sulfide) groups is 1. The van der Waals surface area contributed by atoms with Gasteiger partial charge in [0.15, 0.2) is 0 Å². The Morgan fingerprint density at radius 1 is 1.08 bits per heavy atom. The van der Waals surface area contributed by atoms with E-state index in [4.69, 9.17) is 4.74 Å². The van der Waals surface area contributed by atoms with Crippen molar-refractivity contribution in [2.45, 2.75) is 11.8 Å². The molecule has 4 heteroatoms. The summed E-state index contributed by atoms with van der Waals surface area (Å²) < 4.78 is 6.74. The molecule has 0 saturated heterocycles. The van der Waals surface area contributed by atoms with Gasteiger partial charge in [0.25, 0.3) is 0 Å². The number of aryl methyl sites for hydroxylation is 1. The highest BCUT2D eigenvalue weighted by Gasteiger charge is 2.03. The number of para-hydroxylation sites is 1. The van der Waals surface area contributed by atoms with E-state index in [9.17, 15) is 4.79 Å². The van der Waals surface area contributed by atoms with Gasteiger partial charge in [0, 0.05) is 21.0 Å². The molecule has 1 aromatic heterocycles. The summed E-state index contributed by atoms with van der Waals surface area (Å²) >= 11 is 2.87. The van der Waals surface area contributed by atoms with Gasteiger partial charge in [-0.2, -0.15) is 0 Å². The Morgan fingerprint density at radius 3 is 2.75 bits per heavy atom. The Balaban J connectivity index is 1.60. The summed E-state index contributed by atoms with van der Waals surface area (Å²) in [6, 6.07) is 17.6. The van der Waals surface area contributed by atoms with Crippen LogP contribution in [0.5, 0.6) is 5.75 Å². The first-order chi connectivity index (χ1) is 11.7. The Hall–Kier alpha value is -2.22. The largest absolute Gasteiger partial charge is 0.481 e. The van der Waals surface area contributed by atoms with Gasteiger partial charge in [-0.05, 0) is 24.6 Å². The summed E-state index contributed by atoms with van der Waals surface area (Å²) in [5.41, 5.74) is 1.11. The molecule has 0 amide bonds. The molecule has 0 fully saturated rings. The minimum atomic E-state index is 0.0760. The third kappa shape index (κ3) is 4.19. The molecule has 0 saturated carbocycles. The van der Waals surface area contributed by atoms with Crippen molar-refractivity contribution in [2.75, 3.05) is 12.4 Å². The van der Waals surface area contributed by atoms with Crippen molar-refractivity contribution < 1.29 is 4.74 Å². The molecule has 24 heavy (non-hydrogen) atoms. The monoisotopic (exact) mass is 352 g/mol. The van der Waals surface area contributed by atoms with Gasteiger partial charge in [-0.25, -0.2) is 0 Å². The molecule has 0 spiro atoms. The molecular weight excluding hydrogens is 336 g/mol. The fourth-order valence-electron chi connectivity index (χ4n) is 2.25. The molecule has 0 radical (unpaired) electrons. The highest BCUT2D eigenvalue weighted by molar-refractivity contribution is 7.99. The Kier molecular flexibility index (Phi) is 5.58. The summed E-state index contributed by atoms with van der Waals surface area (Å²) in [4.78, 5) is 12.8. The molecule has 0 aliphatic carbocycles. The lowest BCUT2D eigenvalue weighted by Crippen LogP contribution is -1.96. The Bertz CT molecular complexity index is 964. The number of ether oxygens (including phenoxy) is 1. The summed E-state index contributed by atoms with van der Waals surface area (Å²) in [5, 5.41) is 1.12. The zero-order valence-electron chi connectivity index (χ0n) is 13.2. The van der Waals surface area contributed by atoms with E-state index >= 15 is 0 Å². The average Bonchev–Trinajstić information content (AvgIpc) is 2.59. The molecule has 1 heterocycles. The lowest BCUT2D eigenvalue weighted by atomic mass is 10.2. The predicted octanol–water partition coefficient (Wildman–Crippen LogP) is 4.74. The van der Waals surface area contributed by atoms with E-state index in [0.717, 1.165) is 26.3 Å². The van der Waals surface area contributed by atoms with Crippen LogP contribution in [0.1, 0.15) is 5.56 Å². The van der Waals surface area contributed by atoms with Gasteiger partial charge in [0.2, 0.25) is 4.74 Å². The summed E-state index contributed by atoms with van der Waals surface area (Å²) in [5.74, 6) is 7.62. The van der Waals surface area contributed by atoms with Crippen molar-refractivity contribution >= 4 is 33.2 Å². The van der Waals surface area contributed by atoms with Crippen LogP contribution >= 0.6 is 23.1 Å². The first kappa shape index (κ1) is 16.6. The second kappa shape index (κ2) is 8.05. The highest BCUT2D eigenvalue weighted by Crippen LogP contribution is 2.27. The standard InChI is InChI=1S/C20H16O2S2/c1-15-8-2-4-10-17(15)22-12-6-7-13-23-19-14-20(21)24-18-11-5-3-9-16(18)19/h2-5,8-11,14H,12-13H2,1H3. The number of benzene rings is 2. The van der Waals surface area contributed by atoms with E-state index < -0.39 is 0 Å². The molecule has 120 valence electrons. The maximum Gasteiger partial charge on any atom is 0.234 e. The highest BCUT2D eigenvalue weighted by atomic mass is 32.2. The van der Waals surface area contributed by atoms with E-state index in [2.05, 4.69) is 11.8 Å². The number of hydrogen-bond donors (Lipinski definition) is 0. The van der Waals surface area contributed by atoms with Crippen LogP contribution in [0.4, 0.5) is 0 Å². The molecule has 3 aromatic rings. The smallest absolute Gasteiger partial charge is 0.234 e. The minimum absolute atomic E-state index is 0.0760. The number of hydrogen-bond acceptors (Lipinski definition) is 4. The van der Waals surface area contributed by atoms with E-state index in [-0.39, 0.29) is 4.74 Å². The topological polar surface area (TPSA) is 26.3 Å². The lowest BCUT2D eigenvalue weighted by molar-refractivity contribution is 0.367. The van der Waals surface area contributed by atoms with Crippen molar-refractivity contribution in [3.05, 3.63) is 69.7 Å². The zero-order chi connectivity index (χ0) is 16.8. The molecule has 0 N–H and O–H groups in total. The molecule has 0 unspecified atom stereocenters. The van der Waals surface area contributed by atoms with Crippen LogP contribution in [0.15, 0.2) is 64.3 Å². The average molecular weight is 352 g/mol. The van der Waals surface area contributed by atoms with Crippen molar-refractivity contribution in [3.8, 4) is 17.6 Å². The normalized spacial score (nSPS) is 10.2. The lowest BCUT2D eigenvalue weighted by Gasteiger charge is -2.04. The summed E-state index contributed by atoms with van der Waals surface area (Å²) in [6.07, 6.45) is 0. The third-order valence-electron chi connectivity index (χ3n) is 3.43. The fourth-order valence-corrected chi connectivity index (χ4v) is 4.07. The van der Waals surface area contributed by atoms with E-state index in [0.29, 0.717) is 12.4 Å². The predicted molar refractivity (Wildman–Crippen MR) is 103 cm³/mol. The van der Waals surface area contributed by atoms with Gasteiger partial charge in [0.05, 0.1) is 5.75 Å². The van der Waals surface area contributed by atoms with Crippen LogP contribution < -0.4 is 9.48 Å². The minimum Gasteiger partial charge on any atom is -0.481 e. The first-order valence-corrected chi connectivity index (χ1v) is 9.34. The van der Waals surface area contributed by atoms with Crippen molar-refractivity contribution in [1.29, 1.82) is 0 Å². The Labute approximate surface area is 149 Å². The quantitative estimate of drug-likeness (QED) is 0.501. The van der Waals surface area contributed by atoms with Gasteiger partial charge in [0.1, 0.15) is 12.4 Å². The molecule has 2 aromatic carbocycles. The zero-order valence-corrected chi connectivity index (χ0v) is 14.9. The molecule has 0 aliphatic heterocycles. The van der Waals surface area contributed by atoms with Gasteiger partial charge >= 0.3 is 0 Å². The van der Waals surface area contributed by atoms with Gasteiger partial charge < -0.3 is 4.74 Å². The molecular formula is C20H16O2S2. The van der Waals surface area contributed by atoms with Crippen LogP contribution in [0.3, 0.4) is 0 Å². The van der Waals surface area contributed by atoms with Crippen molar-refractivity contribution in [3.63, 3.8) is 0 Å². The molecule has 2 nitrogen and oxygen atoms in total. The summed E-state index contributed by atoms with van der Waals surface area (Å²) in [6.45, 7) is 2.39. The van der Waals surface area contributed by atoms with Crippen LogP contribution in [-0.4, -0.2) is 12.4 Å². The maximum atomic E-state index is 11.8. The van der Waals surface area contributed by atoms with E-state index in [1.807, 2.05) is 55.5 Å². The van der Waals surface area contributed by atoms with Crippen LogP contribution in [0, 0.1) is 18.8 Å². The molecule has 0 aliphatic rings. The molecule has 0 atom stereocenters. The van der Waals surface area contributed by atoms with E-state index in [1.54, 1.807) is 17.8 Å². The third-order valence-corrected chi connectivity index (χ3v) is 5.26. The van der Waals surface area contributed by atoms with Crippen LogP contribution in [0.25, 0.3) is 10.1 Å². The fraction of sp³-hybridized carbons (Fsp3) is 0.150. The first-order valence-electron chi connectivity index (χ1n) is 7.54. The SMILES string of the molecule is Cc1ccccc1OCC#CCSc1cc(=O)sc2ccccc12.